The summed E-state index contributed by atoms with van der Waals surface area (Å²) in [5.74, 6) is 0.245. The van der Waals surface area contributed by atoms with Crippen molar-refractivity contribution in [2.24, 2.45) is 0 Å². The second-order valence-electron chi connectivity index (χ2n) is 4.51. The van der Waals surface area contributed by atoms with Crippen LogP contribution in [0.25, 0.3) is 21.5 Å². The van der Waals surface area contributed by atoms with E-state index in [2.05, 4.69) is 0 Å². The number of carbonyl (C=O) groups is 2. The average Bonchev–Trinajstić information content (AvgIpc) is 2.46. The fourth-order valence-corrected chi connectivity index (χ4v) is 2.45. The van der Waals surface area contributed by atoms with Crippen LogP contribution in [0.15, 0.2) is 48.5 Å². The summed E-state index contributed by atoms with van der Waals surface area (Å²) in [4.78, 5) is 21.7. The third-order valence-electron chi connectivity index (χ3n) is 3.20. The molecule has 0 aliphatic carbocycles. The first-order valence-electron chi connectivity index (χ1n) is 6.32. The minimum absolute atomic E-state index is 0.122. The predicted molar refractivity (Wildman–Crippen MR) is 78.8 cm³/mol. The molecule has 0 spiro atoms. The summed E-state index contributed by atoms with van der Waals surface area (Å²) in [7, 11) is 0. The molecule has 0 saturated heterocycles. The highest BCUT2D eigenvalue weighted by Gasteiger charge is 2.14. The number of carboxylic acid groups (broad SMARTS) is 2. The van der Waals surface area contributed by atoms with E-state index in [-0.39, 0.29) is 11.5 Å². The maximum Gasteiger partial charge on any atom is 0.511 e. The standard InChI is InChI=1S/C16H10O6/c17-15(18)21-11-5-1-3-9-7-8-10-4-2-6-12(22-16(19)20)14(10)13(9)11/h1-8H,(H,17,18)(H,19,20). The van der Waals surface area contributed by atoms with Crippen molar-refractivity contribution in [1.29, 1.82) is 0 Å². The van der Waals surface area contributed by atoms with Crippen LogP contribution in [-0.2, 0) is 0 Å². The van der Waals surface area contributed by atoms with Crippen LogP contribution in [0, 0.1) is 0 Å². The molecule has 0 bridgehead atoms. The molecule has 0 atom stereocenters. The first-order chi connectivity index (χ1) is 10.6. The lowest BCUT2D eigenvalue weighted by Crippen LogP contribution is -2.05. The molecule has 0 unspecified atom stereocenters. The van der Waals surface area contributed by atoms with E-state index < -0.39 is 12.3 Å². The van der Waals surface area contributed by atoms with Gasteiger partial charge in [0.05, 0.1) is 0 Å². The highest BCUT2D eigenvalue weighted by molar-refractivity contribution is 6.14. The average molecular weight is 298 g/mol. The van der Waals surface area contributed by atoms with Gasteiger partial charge in [-0.15, -0.1) is 0 Å². The van der Waals surface area contributed by atoms with Crippen molar-refractivity contribution in [3.8, 4) is 11.5 Å². The minimum Gasteiger partial charge on any atom is -0.449 e. The number of hydrogen-bond acceptors (Lipinski definition) is 4. The summed E-state index contributed by atoms with van der Waals surface area (Å²) in [6.07, 6.45) is -2.89. The maximum atomic E-state index is 10.9. The molecule has 0 aliphatic heterocycles. The van der Waals surface area contributed by atoms with Crippen LogP contribution in [0.5, 0.6) is 11.5 Å². The molecule has 22 heavy (non-hydrogen) atoms. The summed E-state index contributed by atoms with van der Waals surface area (Å²) >= 11 is 0. The van der Waals surface area contributed by atoms with Gasteiger partial charge in [0.2, 0.25) is 0 Å². The fraction of sp³-hybridized carbons (Fsp3) is 0. The molecule has 3 rings (SSSR count). The van der Waals surface area contributed by atoms with E-state index in [1.54, 1.807) is 36.4 Å². The Labute approximate surface area is 124 Å². The van der Waals surface area contributed by atoms with E-state index >= 15 is 0 Å². The molecule has 2 N–H and O–H groups in total. The molecule has 0 aliphatic rings. The van der Waals surface area contributed by atoms with E-state index in [4.69, 9.17) is 19.7 Å². The lowest BCUT2D eigenvalue weighted by Gasteiger charge is -2.11. The van der Waals surface area contributed by atoms with Crippen LogP contribution in [-0.4, -0.2) is 22.5 Å². The highest BCUT2D eigenvalue weighted by Crippen LogP contribution is 2.38. The summed E-state index contributed by atoms with van der Waals surface area (Å²) in [6.45, 7) is 0. The first kappa shape index (κ1) is 13.7. The number of ether oxygens (including phenoxy) is 2. The number of benzene rings is 3. The SMILES string of the molecule is O=C(O)Oc1cccc2ccc3cccc(OC(=O)O)c3c12. The zero-order valence-corrected chi connectivity index (χ0v) is 11.1. The van der Waals surface area contributed by atoms with E-state index in [1.807, 2.05) is 0 Å². The number of hydrogen-bond donors (Lipinski definition) is 2. The lowest BCUT2D eigenvalue weighted by atomic mass is 10.0. The molecule has 0 heterocycles. The van der Waals surface area contributed by atoms with Gasteiger partial charge in [-0.05, 0) is 22.9 Å². The molecule has 3 aromatic carbocycles. The maximum absolute atomic E-state index is 10.9. The zero-order valence-electron chi connectivity index (χ0n) is 11.1. The Kier molecular flexibility index (Phi) is 3.27. The van der Waals surface area contributed by atoms with Crippen molar-refractivity contribution in [2.75, 3.05) is 0 Å². The minimum atomic E-state index is -1.44. The van der Waals surface area contributed by atoms with Gasteiger partial charge in [-0.2, -0.15) is 0 Å². The number of fused-ring (bicyclic) bond motifs is 3. The summed E-state index contributed by atoms with van der Waals surface area (Å²) in [5, 5.41) is 20.1. The number of rotatable bonds is 2. The Bertz CT molecular complexity index is 825. The Balaban J connectivity index is 2.41. The largest absolute Gasteiger partial charge is 0.511 e. The van der Waals surface area contributed by atoms with Crippen LogP contribution < -0.4 is 9.47 Å². The van der Waals surface area contributed by atoms with Gasteiger partial charge in [-0.3, -0.25) is 0 Å². The zero-order chi connectivity index (χ0) is 15.7. The van der Waals surface area contributed by atoms with E-state index in [0.29, 0.717) is 21.5 Å². The first-order valence-corrected chi connectivity index (χ1v) is 6.32. The topological polar surface area (TPSA) is 93.1 Å². The predicted octanol–water partition coefficient (Wildman–Crippen LogP) is 4.11. The Morgan fingerprint density at radius 2 is 1.09 bits per heavy atom. The van der Waals surface area contributed by atoms with E-state index in [0.717, 1.165) is 0 Å². The van der Waals surface area contributed by atoms with E-state index in [9.17, 15) is 9.59 Å². The Morgan fingerprint density at radius 1 is 0.682 bits per heavy atom. The smallest absolute Gasteiger partial charge is 0.449 e. The van der Waals surface area contributed by atoms with Crippen molar-refractivity contribution < 1.29 is 29.3 Å². The Morgan fingerprint density at radius 3 is 1.45 bits per heavy atom. The van der Waals surface area contributed by atoms with Gasteiger partial charge in [0, 0.05) is 10.8 Å². The normalized spacial score (nSPS) is 10.5. The van der Waals surface area contributed by atoms with Gasteiger partial charge < -0.3 is 19.7 Å². The summed E-state index contributed by atoms with van der Waals surface area (Å²) < 4.78 is 9.62. The van der Waals surface area contributed by atoms with Gasteiger partial charge in [0.25, 0.3) is 0 Å². The molecular weight excluding hydrogens is 288 g/mol. The monoisotopic (exact) mass is 298 g/mol. The second-order valence-corrected chi connectivity index (χ2v) is 4.51. The van der Waals surface area contributed by atoms with Gasteiger partial charge >= 0.3 is 12.3 Å². The van der Waals surface area contributed by atoms with E-state index in [1.165, 1.54) is 12.1 Å². The van der Waals surface area contributed by atoms with Crippen molar-refractivity contribution in [1.82, 2.24) is 0 Å². The van der Waals surface area contributed by atoms with Crippen molar-refractivity contribution in [3.05, 3.63) is 48.5 Å². The van der Waals surface area contributed by atoms with Crippen LogP contribution in [0.1, 0.15) is 0 Å². The molecular formula is C16H10O6. The van der Waals surface area contributed by atoms with Crippen molar-refractivity contribution >= 4 is 33.9 Å². The van der Waals surface area contributed by atoms with Crippen LogP contribution in [0.3, 0.4) is 0 Å². The molecule has 6 nitrogen and oxygen atoms in total. The quantitative estimate of drug-likeness (QED) is 0.420. The third-order valence-corrected chi connectivity index (χ3v) is 3.20. The summed E-state index contributed by atoms with van der Waals surface area (Å²) in [6, 6.07) is 13.5. The van der Waals surface area contributed by atoms with Gasteiger partial charge in [-0.25, -0.2) is 9.59 Å². The molecule has 0 saturated carbocycles. The molecule has 0 amide bonds. The Hall–Kier alpha value is -3.28. The molecule has 0 aromatic heterocycles. The molecule has 0 fully saturated rings. The van der Waals surface area contributed by atoms with Crippen LogP contribution in [0.2, 0.25) is 0 Å². The van der Waals surface area contributed by atoms with Gasteiger partial charge in [0.1, 0.15) is 11.5 Å². The molecule has 110 valence electrons. The third kappa shape index (κ3) is 2.37. The molecule has 6 heteroatoms. The van der Waals surface area contributed by atoms with Crippen LogP contribution >= 0.6 is 0 Å². The molecule has 3 aromatic rings. The van der Waals surface area contributed by atoms with Crippen LogP contribution in [0.4, 0.5) is 9.59 Å². The highest BCUT2D eigenvalue weighted by atomic mass is 16.7. The summed E-state index contributed by atoms with van der Waals surface area (Å²) in [5.41, 5.74) is 0. The van der Waals surface area contributed by atoms with Gasteiger partial charge in [-0.1, -0.05) is 36.4 Å². The molecule has 0 radical (unpaired) electrons. The fourth-order valence-electron chi connectivity index (χ4n) is 2.45. The van der Waals surface area contributed by atoms with Crippen molar-refractivity contribution in [3.63, 3.8) is 0 Å². The second kappa shape index (κ2) is 5.25. The van der Waals surface area contributed by atoms with Crippen molar-refractivity contribution in [2.45, 2.75) is 0 Å². The van der Waals surface area contributed by atoms with Gasteiger partial charge in [0.15, 0.2) is 0 Å². The lowest BCUT2D eigenvalue weighted by molar-refractivity contribution is 0.143.